The van der Waals surface area contributed by atoms with Crippen molar-refractivity contribution < 1.29 is 44.7 Å². The van der Waals surface area contributed by atoms with Gasteiger partial charge in [0.15, 0.2) is 9.84 Å². The van der Waals surface area contributed by atoms with E-state index in [9.17, 15) is 44.7 Å². The largest absolute Gasteiger partial charge is 0.430 e. The van der Waals surface area contributed by atoms with E-state index in [-0.39, 0.29) is 41.2 Å². The van der Waals surface area contributed by atoms with Gasteiger partial charge in [0.05, 0.1) is 10.6 Å². The zero-order chi connectivity index (χ0) is 26.4. The van der Waals surface area contributed by atoms with Crippen LogP contribution < -0.4 is 10.6 Å². The van der Waals surface area contributed by atoms with Crippen LogP contribution in [0.4, 0.5) is 32.0 Å². The Morgan fingerprint density at radius 2 is 1.61 bits per heavy atom. The maximum absolute atomic E-state index is 13.0. The number of benzene rings is 2. The normalized spacial score (nSPS) is 16.4. The smallest absolute Gasteiger partial charge is 0.369 e. The van der Waals surface area contributed by atoms with Crippen LogP contribution in [0.25, 0.3) is 0 Å². The van der Waals surface area contributed by atoms with Crippen LogP contribution in [-0.4, -0.2) is 37.5 Å². The molecule has 1 heterocycles. The van der Waals surface area contributed by atoms with Gasteiger partial charge in [0.2, 0.25) is 5.91 Å². The summed E-state index contributed by atoms with van der Waals surface area (Å²) in [6.07, 6.45) is -12.0. The minimum Gasteiger partial charge on any atom is -0.369 e. The molecule has 1 atom stereocenters. The van der Waals surface area contributed by atoms with E-state index in [1.165, 1.54) is 18.2 Å². The first-order valence-corrected chi connectivity index (χ1v) is 12.0. The maximum Gasteiger partial charge on any atom is 0.430 e. The molecular weight excluding hydrogens is 538 g/mol. The summed E-state index contributed by atoms with van der Waals surface area (Å²) in [4.78, 5) is 12.8. The highest BCUT2D eigenvalue weighted by Crippen LogP contribution is 2.50. The fraction of sp³-hybridized carbons (Fsp3) is 0.409. The second-order valence-corrected chi connectivity index (χ2v) is 10.7. The van der Waals surface area contributed by atoms with Gasteiger partial charge in [0.1, 0.15) is 6.04 Å². The molecule has 1 unspecified atom stereocenters. The van der Waals surface area contributed by atoms with Crippen molar-refractivity contribution in [1.82, 2.24) is 5.32 Å². The van der Waals surface area contributed by atoms with Crippen molar-refractivity contribution in [3.8, 4) is 0 Å². The van der Waals surface area contributed by atoms with Gasteiger partial charge in [0.25, 0.3) is 5.60 Å². The van der Waals surface area contributed by atoms with E-state index in [2.05, 4.69) is 10.6 Å². The number of sulfone groups is 1. The van der Waals surface area contributed by atoms with Crippen molar-refractivity contribution in [2.75, 3.05) is 11.1 Å². The molecule has 200 valence electrons. The van der Waals surface area contributed by atoms with Gasteiger partial charge in [-0.2, -0.15) is 26.3 Å². The Morgan fingerprint density at radius 3 is 2.11 bits per heavy atom. The average molecular weight is 561 g/mol. The molecule has 0 saturated heterocycles. The molecule has 6 nitrogen and oxygen atoms in total. The molecule has 1 aliphatic heterocycles. The van der Waals surface area contributed by atoms with Gasteiger partial charge in [-0.3, -0.25) is 10.1 Å². The minimum atomic E-state index is -6.02. The van der Waals surface area contributed by atoms with E-state index in [0.717, 1.165) is 12.1 Å². The first-order chi connectivity index (χ1) is 16.0. The molecule has 0 bridgehead atoms. The van der Waals surface area contributed by atoms with Gasteiger partial charge >= 0.3 is 12.4 Å². The number of rotatable bonds is 6. The van der Waals surface area contributed by atoms with E-state index in [1.54, 1.807) is 13.8 Å². The van der Waals surface area contributed by atoms with Gasteiger partial charge in [-0.1, -0.05) is 32.0 Å². The van der Waals surface area contributed by atoms with Crippen LogP contribution >= 0.6 is 12.4 Å². The summed E-state index contributed by atoms with van der Waals surface area (Å²) in [5.41, 5.74) is -5.55. The molecule has 3 N–H and O–H groups in total. The zero-order valence-electron chi connectivity index (χ0n) is 18.9. The monoisotopic (exact) mass is 560 g/mol. The molecule has 36 heavy (non-hydrogen) atoms. The van der Waals surface area contributed by atoms with Crippen LogP contribution in [0.2, 0.25) is 0 Å². The number of halogens is 7. The molecule has 2 aromatic rings. The molecule has 2 aromatic carbocycles. The Hall–Kier alpha value is -2.35. The van der Waals surface area contributed by atoms with E-state index in [1.807, 2.05) is 0 Å². The predicted molar refractivity (Wildman–Crippen MR) is 121 cm³/mol. The van der Waals surface area contributed by atoms with Gasteiger partial charge in [-0.05, 0) is 41.3 Å². The summed E-state index contributed by atoms with van der Waals surface area (Å²) in [5.74, 6) is -0.785. The molecule has 0 fully saturated rings. The van der Waals surface area contributed by atoms with Crippen LogP contribution in [0.1, 0.15) is 36.6 Å². The van der Waals surface area contributed by atoms with Crippen molar-refractivity contribution in [1.29, 1.82) is 0 Å². The molecule has 14 heteroatoms. The summed E-state index contributed by atoms with van der Waals surface area (Å²) in [6, 6.07) is 5.90. The predicted octanol–water partition coefficient (Wildman–Crippen LogP) is 4.63. The average Bonchev–Trinajstić information content (AvgIpc) is 3.14. The maximum atomic E-state index is 13.0. The lowest BCUT2D eigenvalue weighted by Gasteiger charge is -2.32. The summed E-state index contributed by atoms with van der Waals surface area (Å²) in [5, 5.41) is 14.7. The van der Waals surface area contributed by atoms with Crippen LogP contribution in [0, 0.1) is 5.92 Å². The number of amides is 1. The van der Waals surface area contributed by atoms with Crippen molar-refractivity contribution in [2.24, 2.45) is 5.92 Å². The third-order valence-electron chi connectivity index (χ3n) is 5.49. The van der Waals surface area contributed by atoms with Crippen molar-refractivity contribution >= 4 is 33.8 Å². The van der Waals surface area contributed by atoms with Crippen LogP contribution in [0.15, 0.2) is 47.4 Å². The van der Waals surface area contributed by atoms with Crippen molar-refractivity contribution in [3.63, 3.8) is 0 Å². The SMILES string of the molecule is CC(C)CS(=O)(=O)c1ccc2c(c1)CNC2C(=O)Nc1ccc(C(O)(C(F)(F)F)C(F)(F)F)cc1.Cl. The fourth-order valence-electron chi connectivity index (χ4n) is 3.80. The zero-order valence-corrected chi connectivity index (χ0v) is 20.5. The highest BCUT2D eigenvalue weighted by molar-refractivity contribution is 7.91. The Bertz CT molecular complexity index is 1200. The molecule has 0 radical (unpaired) electrons. The second-order valence-electron chi connectivity index (χ2n) is 8.62. The summed E-state index contributed by atoms with van der Waals surface area (Å²) < 4.78 is 103. The number of fused-ring (bicyclic) bond motifs is 1. The highest BCUT2D eigenvalue weighted by atomic mass is 35.5. The van der Waals surface area contributed by atoms with Crippen molar-refractivity contribution in [3.05, 3.63) is 59.2 Å². The number of carbonyl (C=O) groups excluding carboxylic acids is 1. The van der Waals surface area contributed by atoms with Gasteiger partial charge in [0, 0.05) is 17.8 Å². The Kier molecular flexibility index (Phi) is 8.46. The van der Waals surface area contributed by atoms with Crippen LogP contribution in [0.5, 0.6) is 0 Å². The molecule has 0 aromatic heterocycles. The molecule has 0 saturated carbocycles. The number of hydrogen-bond donors (Lipinski definition) is 3. The number of anilines is 1. The summed E-state index contributed by atoms with van der Waals surface area (Å²) in [7, 11) is -3.51. The highest BCUT2D eigenvalue weighted by Gasteiger charge is 2.71. The summed E-state index contributed by atoms with van der Waals surface area (Å²) >= 11 is 0. The van der Waals surface area contributed by atoms with Crippen LogP contribution in [-0.2, 0) is 26.8 Å². The molecule has 3 rings (SSSR count). The topological polar surface area (TPSA) is 95.5 Å². The number of hydrogen-bond acceptors (Lipinski definition) is 5. The van der Waals surface area contributed by atoms with Gasteiger partial charge in [-0.25, -0.2) is 8.42 Å². The third kappa shape index (κ3) is 5.63. The minimum absolute atomic E-state index is 0. The molecular formula is C22H23ClF6N2O4S. The number of nitrogens with one attached hydrogen (secondary N) is 2. The Balaban J connectivity index is 0.00000456. The Labute approximate surface area is 209 Å². The molecule has 0 aliphatic carbocycles. The number of aliphatic hydroxyl groups is 1. The summed E-state index contributed by atoms with van der Waals surface area (Å²) in [6.45, 7) is 3.72. The van der Waals surface area contributed by atoms with E-state index < -0.39 is 45.3 Å². The lowest BCUT2D eigenvalue weighted by atomic mass is 9.92. The number of alkyl halides is 6. The first kappa shape index (κ1) is 29.9. The quantitative estimate of drug-likeness (QED) is 0.448. The fourth-order valence-corrected chi connectivity index (χ4v) is 5.47. The molecule has 1 amide bonds. The first-order valence-electron chi connectivity index (χ1n) is 10.3. The van der Waals surface area contributed by atoms with Crippen LogP contribution in [0.3, 0.4) is 0 Å². The van der Waals surface area contributed by atoms with Gasteiger partial charge < -0.3 is 10.4 Å². The van der Waals surface area contributed by atoms with E-state index in [0.29, 0.717) is 23.3 Å². The molecule has 0 spiro atoms. The molecule has 1 aliphatic rings. The third-order valence-corrected chi connectivity index (χ3v) is 7.56. The van der Waals surface area contributed by atoms with Crippen molar-refractivity contribution in [2.45, 2.75) is 49.3 Å². The lowest BCUT2D eigenvalue weighted by molar-refractivity contribution is -0.376. The lowest BCUT2D eigenvalue weighted by Crippen LogP contribution is -2.53. The van der Waals surface area contributed by atoms with E-state index >= 15 is 0 Å². The second kappa shape index (κ2) is 10.2. The van der Waals surface area contributed by atoms with E-state index in [4.69, 9.17) is 0 Å². The Morgan fingerprint density at radius 1 is 1.06 bits per heavy atom. The number of carbonyl (C=O) groups is 1. The standard InChI is InChI=1S/C22H22F6N2O4S.ClH/c1-12(2)11-35(33,34)16-7-8-17-13(9-16)10-29-18(17)19(31)30-15-5-3-14(4-6-15)20(32,21(23,24)25)22(26,27)28;/h3-9,12,18,29,32H,10-11H2,1-2H3,(H,30,31);1H. The van der Waals surface area contributed by atoms with Gasteiger partial charge in [-0.15, -0.1) is 12.4 Å².